The molecule has 0 spiro atoms. The Hall–Kier alpha value is -2.48. The van der Waals surface area contributed by atoms with E-state index in [0.717, 1.165) is 0 Å². The highest BCUT2D eigenvalue weighted by Gasteiger charge is 2.20. The molecule has 0 fully saturated rings. The third-order valence-corrected chi connectivity index (χ3v) is 4.22. The number of carbonyl (C=O) groups excluding carboxylic acids is 1. The predicted molar refractivity (Wildman–Crippen MR) is 90.2 cm³/mol. The predicted octanol–water partition coefficient (Wildman–Crippen LogP) is 3.39. The van der Waals surface area contributed by atoms with Gasteiger partial charge >= 0.3 is 5.97 Å². The molecule has 7 nitrogen and oxygen atoms in total. The number of ether oxygens (including phenoxy) is 1. The van der Waals surface area contributed by atoms with E-state index in [1.807, 2.05) is 6.26 Å². The SMILES string of the molecule is CSc1nc(C)nc(C)c1C(=O)OCc1cccc([N+](=O)[O-])c1C. The van der Waals surface area contributed by atoms with E-state index >= 15 is 0 Å². The standard InChI is InChI=1S/C16H17N3O4S/c1-9-12(6-5-7-13(9)19(21)22)8-23-16(20)14-10(2)17-11(3)18-15(14)24-4/h5-7H,8H2,1-4H3. The molecule has 2 rings (SSSR count). The number of benzene rings is 1. The highest BCUT2D eigenvalue weighted by atomic mass is 32.2. The molecule has 126 valence electrons. The van der Waals surface area contributed by atoms with Crippen LogP contribution in [0, 0.1) is 30.9 Å². The summed E-state index contributed by atoms with van der Waals surface area (Å²) in [4.78, 5) is 31.4. The van der Waals surface area contributed by atoms with Crippen LogP contribution >= 0.6 is 11.8 Å². The second-order valence-electron chi connectivity index (χ2n) is 5.14. The van der Waals surface area contributed by atoms with Gasteiger partial charge in [-0.1, -0.05) is 12.1 Å². The molecular formula is C16H17N3O4S. The molecule has 0 aliphatic heterocycles. The molecule has 2 aromatic rings. The summed E-state index contributed by atoms with van der Waals surface area (Å²) < 4.78 is 5.34. The minimum Gasteiger partial charge on any atom is -0.457 e. The van der Waals surface area contributed by atoms with E-state index in [2.05, 4.69) is 9.97 Å². The average molecular weight is 347 g/mol. The first-order valence-electron chi connectivity index (χ1n) is 7.14. The lowest BCUT2D eigenvalue weighted by Crippen LogP contribution is -2.12. The van der Waals surface area contributed by atoms with Crippen molar-refractivity contribution < 1.29 is 14.5 Å². The molecule has 1 heterocycles. The fourth-order valence-corrected chi connectivity index (χ4v) is 2.96. The summed E-state index contributed by atoms with van der Waals surface area (Å²) in [5.74, 6) is 0.0469. The van der Waals surface area contributed by atoms with E-state index in [1.54, 1.807) is 32.9 Å². The molecule has 0 aliphatic carbocycles. The van der Waals surface area contributed by atoms with Crippen molar-refractivity contribution >= 4 is 23.4 Å². The first-order valence-corrected chi connectivity index (χ1v) is 8.36. The van der Waals surface area contributed by atoms with Crippen LogP contribution in [0.2, 0.25) is 0 Å². The van der Waals surface area contributed by atoms with Crippen LogP contribution < -0.4 is 0 Å². The molecule has 0 aliphatic rings. The number of nitro groups is 1. The maximum atomic E-state index is 12.4. The Balaban J connectivity index is 2.24. The van der Waals surface area contributed by atoms with Gasteiger partial charge in [-0.25, -0.2) is 14.8 Å². The number of aromatic nitrogens is 2. The van der Waals surface area contributed by atoms with E-state index in [0.29, 0.717) is 33.2 Å². The van der Waals surface area contributed by atoms with Crippen LogP contribution in [0.5, 0.6) is 0 Å². The lowest BCUT2D eigenvalue weighted by Gasteiger charge is -2.11. The van der Waals surface area contributed by atoms with Gasteiger partial charge in [0.05, 0.1) is 10.6 Å². The largest absolute Gasteiger partial charge is 0.457 e. The summed E-state index contributed by atoms with van der Waals surface area (Å²) in [6, 6.07) is 4.69. The number of nitro benzene ring substituents is 1. The van der Waals surface area contributed by atoms with Crippen LogP contribution in [0.3, 0.4) is 0 Å². The van der Waals surface area contributed by atoms with Crippen molar-refractivity contribution in [1.82, 2.24) is 9.97 Å². The van der Waals surface area contributed by atoms with Crippen LogP contribution in [0.15, 0.2) is 23.2 Å². The van der Waals surface area contributed by atoms with Gasteiger partial charge in [-0.15, -0.1) is 11.8 Å². The Bertz CT molecular complexity index is 808. The fraction of sp³-hybridized carbons (Fsp3) is 0.312. The lowest BCUT2D eigenvalue weighted by molar-refractivity contribution is -0.385. The van der Waals surface area contributed by atoms with Crippen LogP contribution in [0.1, 0.15) is 33.0 Å². The van der Waals surface area contributed by atoms with Crippen molar-refractivity contribution in [3.8, 4) is 0 Å². The number of esters is 1. The summed E-state index contributed by atoms with van der Waals surface area (Å²) in [5.41, 5.74) is 1.96. The van der Waals surface area contributed by atoms with E-state index in [4.69, 9.17) is 4.74 Å². The molecule has 0 amide bonds. The maximum Gasteiger partial charge on any atom is 0.343 e. The third-order valence-electron chi connectivity index (χ3n) is 3.54. The van der Waals surface area contributed by atoms with Crippen molar-refractivity contribution in [2.24, 2.45) is 0 Å². The summed E-state index contributed by atoms with van der Waals surface area (Å²) in [7, 11) is 0. The van der Waals surface area contributed by atoms with E-state index in [-0.39, 0.29) is 12.3 Å². The van der Waals surface area contributed by atoms with Crippen LogP contribution in [0.25, 0.3) is 0 Å². The Morgan fingerprint density at radius 3 is 2.62 bits per heavy atom. The highest BCUT2D eigenvalue weighted by Crippen LogP contribution is 2.24. The lowest BCUT2D eigenvalue weighted by atomic mass is 10.1. The molecule has 0 saturated heterocycles. The van der Waals surface area contributed by atoms with E-state index in [1.165, 1.54) is 17.8 Å². The Kier molecular flexibility index (Phi) is 5.50. The summed E-state index contributed by atoms with van der Waals surface area (Å²) >= 11 is 1.34. The van der Waals surface area contributed by atoms with Gasteiger partial charge < -0.3 is 4.74 Å². The van der Waals surface area contributed by atoms with Crippen molar-refractivity contribution in [3.63, 3.8) is 0 Å². The summed E-state index contributed by atoms with van der Waals surface area (Å²) in [6.45, 7) is 5.07. The van der Waals surface area contributed by atoms with Gasteiger partial charge in [-0.2, -0.15) is 0 Å². The molecule has 24 heavy (non-hydrogen) atoms. The van der Waals surface area contributed by atoms with Crippen molar-refractivity contribution in [1.29, 1.82) is 0 Å². The molecule has 0 unspecified atom stereocenters. The molecule has 0 bridgehead atoms. The zero-order valence-electron chi connectivity index (χ0n) is 13.8. The van der Waals surface area contributed by atoms with E-state index in [9.17, 15) is 14.9 Å². The quantitative estimate of drug-likeness (QED) is 0.269. The summed E-state index contributed by atoms with van der Waals surface area (Å²) in [5, 5.41) is 11.5. The molecule has 0 atom stereocenters. The van der Waals surface area contributed by atoms with Crippen LogP contribution in [-0.4, -0.2) is 27.1 Å². The van der Waals surface area contributed by atoms with Crippen LogP contribution in [0.4, 0.5) is 5.69 Å². The van der Waals surface area contributed by atoms with Gasteiger partial charge in [0.15, 0.2) is 0 Å². The van der Waals surface area contributed by atoms with Gasteiger partial charge in [0.25, 0.3) is 5.69 Å². The van der Waals surface area contributed by atoms with Gasteiger partial charge in [0.1, 0.15) is 23.0 Å². The number of thioether (sulfide) groups is 1. The van der Waals surface area contributed by atoms with Crippen molar-refractivity contribution in [2.75, 3.05) is 6.26 Å². The number of carbonyl (C=O) groups is 1. The maximum absolute atomic E-state index is 12.4. The number of rotatable bonds is 5. The average Bonchev–Trinajstić information content (AvgIpc) is 2.52. The van der Waals surface area contributed by atoms with Crippen LogP contribution in [-0.2, 0) is 11.3 Å². The monoisotopic (exact) mass is 347 g/mol. The van der Waals surface area contributed by atoms with Crippen molar-refractivity contribution in [2.45, 2.75) is 32.4 Å². The molecule has 0 saturated carbocycles. The second kappa shape index (κ2) is 7.39. The Morgan fingerprint density at radius 1 is 1.29 bits per heavy atom. The fourth-order valence-electron chi connectivity index (χ4n) is 2.30. The molecule has 0 radical (unpaired) electrons. The Labute approximate surface area is 143 Å². The van der Waals surface area contributed by atoms with Gasteiger partial charge in [-0.3, -0.25) is 10.1 Å². The van der Waals surface area contributed by atoms with Crippen molar-refractivity contribution in [3.05, 3.63) is 56.5 Å². The zero-order valence-corrected chi connectivity index (χ0v) is 14.6. The van der Waals surface area contributed by atoms with Gasteiger partial charge in [0, 0.05) is 11.6 Å². The Morgan fingerprint density at radius 2 is 2.00 bits per heavy atom. The minimum absolute atomic E-state index is 0.00296. The number of hydrogen-bond acceptors (Lipinski definition) is 7. The molecule has 1 aromatic carbocycles. The summed E-state index contributed by atoms with van der Waals surface area (Å²) in [6.07, 6.45) is 1.82. The smallest absolute Gasteiger partial charge is 0.343 e. The number of nitrogens with zero attached hydrogens (tertiary/aromatic N) is 3. The highest BCUT2D eigenvalue weighted by molar-refractivity contribution is 7.98. The molecule has 0 N–H and O–H groups in total. The zero-order chi connectivity index (χ0) is 17.9. The number of aryl methyl sites for hydroxylation is 2. The molecular weight excluding hydrogens is 330 g/mol. The molecule has 8 heteroatoms. The van der Waals surface area contributed by atoms with Gasteiger partial charge in [0.2, 0.25) is 0 Å². The van der Waals surface area contributed by atoms with E-state index < -0.39 is 10.9 Å². The second-order valence-corrected chi connectivity index (χ2v) is 5.93. The van der Waals surface area contributed by atoms with Gasteiger partial charge in [-0.05, 0) is 32.6 Å². The first-order chi connectivity index (χ1) is 11.3. The third kappa shape index (κ3) is 3.70. The topological polar surface area (TPSA) is 95.2 Å². The first kappa shape index (κ1) is 17.9. The molecule has 1 aromatic heterocycles. The number of hydrogen-bond donors (Lipinski definition) is 0. The minimum atomic E-state index is -0.539. The normalized spacial score (nSPS) is 10.5.